The van der Waals surface area contributed by atoms with Gasteiger partial charge < -0.3 is 9.84 Å². The van der Waals surface area contributed by atoms with Crippen molar-refractivity contribution in [1.82, 2.24) is 0 Å². The zero-order chi connectivity index (χ0) is 12.0. The maximum atomic E-state index is 10.4. The number of aliphatic carboxylic acids is 1. The van der Waals surface area contributed by atoms with Gasteiger partial charge in [-0.25, -0.2) is 4.79 Å². The van der Waals surface area contributed by atoms with Crippen molar-refractivity contribution in [3.8, 4) is 5.75 Å². The van der Waals surface area contributed by atoms with Crippen molar-refractivity contribution in [2.45, 2.75) is 0 Å². The van der Waals surface area contributed by atoms with Gasteiger partial charge in [0, 0.05) is 10.6 Å². The van der Waals surface area contributed by atoms with E-state index < -0.39 is 12.6 Å². The van der Waals surface area contributed by atoms with E-state index in [0.29, 0.717) is 22.6 Å². The van der Waals surface area contributed by atoms with E-state index in [9.17, 15) is 9.59 Å². The van der Waals surface area contributed by atoms with Crippen LogP contribution < -0.4 is 4.74 Å². The first kappa shape index (κ1) is 12.3. The summed E-state index contributed by atoms with van der Waals surface area (Å²) in [5.74, 6) is -0.752. The third-order valence-electron chi connectivity index (χ3n) is 1.68. The summed E-state index contributed by atoms with van der Waals surface area (Å²) in [7, 11) is 0. The lowest BCUT2D eigenvalue weighted by Gasteiger charge is -2.07. The van der Waals surface area contributed by atoms with Gasteiger partial charge in [0.15, 0.2) is 6.61 Å². The van der Waals surface area contributed by atoms with Crippen LogP contribution in [0.2, 0.25) is 5.02 Å². The number of hydrogen-bond donors (Lipinski definition) is 1. The van der Waals surface area contributed by atoms with Crippen molar-refractivity contribution in [3.63, 3.8) is 0 Å². The fourth-order valence-corrected chi connectivity index (χ4v) is 1.22. The zero-order valence-corrected chi connectivity index (χ0v) is 8.98. The van der Waals surface area contributed by atoms with Crippen molar-refractivity contribution in [1.29, 1.82) is 0 Å². The molecule has 0 radical (unpaired) electrons. The molecule has 0 aromatic heterocycles. The van der Waals surface area contributed by atoms with Crippen LogP contribution in [-0.2, 0) is 9.59 Å². The van der Waals surface area contributed by atoms with Gasteiger partial charge in [0.05, 0.1) is 0 Å². The van der Waals surface area contributed by atoms with E-state index >= 15 is 0 Å². The van der Waals surface area contributed by atoms with Crippen LogP contribution >= 0.6 is 11.6 Å². The summed E-state index contributed by atoms with van der Waals surface area (Å²) in [5, 5.41) is 8.91. The SMILES string of the molecule is O=CC=Cc1ccc(Cl)cc1OCC(=O)O. The monoisotopic (exact) mass is 240 g/mol. The molecule has 84 valence electrons. The standard InChI is InChI=1S/C11H9ClO4/c12-9-4-3-8(2-1-5-13)10(6-9)16-7-11(14)15/h1-6H,7H2,(H,14,15). The predicted molar refractivity (Wildman–Crippen MR) is 59.7 cm³/mol. The second-order valence-corrected chi connectivity index (χ2v) is 3.30. The van der Waals surface area contributed by atoms with Crippen molar-refractivity contribution < 1.29 is 19.4 Å². The normalized spacial score (nSPS) is 10.3. The quantitative estimate of drug-likeness (QED) is 0.632. The lowest BCUT2D eigenvalue weighted by molar-refractivity contribution is -0.139. The third-order valence-corrected chi connectivity index (χ3v) is 1.92. The molecule has 0 aliphatic rings. The van der Waals surface area contributed by atoms with E-state index in [1.165, 1.54) is 18.2 Å². The summed E-state index contributed by atoms with van der Waals surface area (Å²) in [6.07, 6.45) is 3.42. The van der Waals surface area contributed by atoms with E-state index in [4.69, 9.17) is 21.4 Å². The van der Waals surface area contributed by atoms with Crippen LogP contribution in [-0.4, -0.2) is 24.0 Å². The highest BCUT2D eigenvalue weighted by molar-refractivity contribution is 6.30. The van der Waals surface area contributed by atoms with Gasteiger partial charge in [0.1, 0.15) is 12.0 Å². The third kappa shape index (κ3) is 3.74. The molecule has 16 heavy (non-hydrogen) atoms. The van der Waals surface area contributed by atoms with Gasteiger partial charge in [-0.05, 0) is 30.4 Å². The van der Waals surface area contributed by atoms with Crippen LogP contribution in [0.1, 0.15) is 5.56 Å². The van der Waals surface area contributed by atoms with E-state index in [0.717, 1.165) is 0 Å². The molecule has 0 saturated carbocycles. The zero-order valence-electron chi connectivity index (χ0n) is 8.22. The topological polar surface area (TPSA) is 63.6 Å². The second-order valence-electron chi connectivity index (χ2n) is 2.86. The molecule has 0 heterocycles. The fraction of sp³-hybridized carbons (Fsp3) is 0.0909. The minimum atomic E-state index is -1.08. The first-order valence-electron chi connectivity index (χ1n) is 4.39. The Labute approximate surface area is 97.1 Å². The molecule has 0 aliphatic carbocycles. The van der Waals surface area contributed by atoms with Crippen LogP contribution in [0.4, 0.5) is 0 Å². The Balaban J connectivity index is 2.93. The Morgan fingerprint density at radius 1 is 1.50 bits per heavy atom. The molecule has 0 unspecified atom stereocenters. The van der Waals surface area contributed by atoms with Crippen molar-refractivity contribution in [3.05, 3.63) is 34.9 Å². The molecule has 0 bridgehead atoms. The summed E-state index contributed by atoms with van der Waals surface area (Å²) in [5.41, 5.74) is 0.595. The number of hydrogen-bond acceptors (Lipinski definition) is 3. The summed E-state index contributed by atoms with van der Waals surface area (Å²) in [6.45, 7) is -0.456. The molecule has 1 rings (SSSR count). The first-order valence-corrected chi connectivity index (χ1v) is 4.77. The summed E-state index contributed by atoms with van der Waals surface area (Å²) in [4.78, 5) is 20.5. The molecule has 1 aromatic rings. The maximum Gasteiger partial charge on any atom is 0.341 e. The number of benzene rings is 1. The van der Waals surface area contributed by atoms with Crippen molar-refractivity contribution >= 4 is 29.9 Å². The molecule has 0 saturated heterocycles. The predicted octanol–water partition coefficient (Wildman–Crippen LogP) is 2.02. The number of aldehydes is 1. The van der Waals surface area contributed by atoms with Crippen LogP contribution in [0.25, 0.3) is 6.08 Å². The highest BCUT2D eigenvalue weighted by atomic mass is 35.5. The Kier molecular flexibility index (Phi) is 4.54. The summed E-state index contributed by atoms with van der Waals surface area (Å²) in [6, 6.07) is 4.76. The number of allylic oxidation sites excluding steroid dienone is 1. The molecule has 0 amide bonds. The Morgan fingerprint density at radius 2 is 2.25 bits per heavy atom. The minimum Gasteiger partial charge on any atom is -0.481 e. The van der Waals surface area contributed by atoms with Crippen LogP contribution in [0.5, 0.6) is 5.75 Å². The van der Waals surface area contributed by atoms with E-state index in [-0.39, 0.29) is 0 Å². The molecule has 1 aromatic carbocycles. The number of carboxylic acids is 1. The minimum absolute atomic E-state index is 0.327. The average molecular weight is 241 g/mol. The number of carbonyl (C=O) groups is 2. The van der Waals surface area contributed by atoms with Crippen LogP contribution in [0, 0.1) is 0 Å². The molecular formula is C11H9ClO4. The van der Waals surface area contributed by atoms with Gasteiger partial charge in [0.25, 0.3) is 0 Å². The molecule has 5 heteroatoms. The Morgan fingerprint density at radius 3 is 2.88 bits per heavy atom. The second kappa shape index (κ2) is 5.92. The summed E-state index contributed by atoms with van der Waals surface area (Å²) < 4.78 is 5.03. The smallest absolute Gasteiger partial charge is 0.341 e. The van der Waals surface area contributed by atoms with E-state index in [1.54, 1.807) is 12.1 Å². The molecular weight excluding hydrogens is 232 g/mol. The van der Waals surface area contributed by atoms with Gasteiger partial charge in [0.2, 0.25) is 0 Å². The highest BCUT2D eigenvalue weighted by Gasteiger charge is 2.04. The number of carbonyl (C=O) groups excluding carboxylic acids is 1. The van der Waals surface area contributed by atoms with Crippen LogP contribution in [0.15, 0.2) is 24.3 Å². The largest absolute Gasteiger partial charge is 0.481 e. The lowest BCUT2D eigenvalue weighted by atomic mass is 10.2. The van der Waals surface area contributed by atoms with Gasteiger partial charge in [-0.1, -0.05) is 11.6 Å². The Bertz CT molecular complexity index is 426. The molecule has 0 aliphatic heterocycles. The van der Waals surface area contributed by atoms with E-state index in [1.807, 2.05) is 0 Å². The molecule has 0 atom stereocenters. The van der Waals surface area contributed by atoms with Crippen LogP contribution in [0.3, 0.4) is 0 Å². The number of carboxylic acid groups (broad SMARTS) is 1. The van der Waals surface area contributed by atoms with Gasteiger partial charge in [-0.15, -0.1) is 0 Å². The van der Waals surface area contributed by atoms with Gasteiger partial charge >= 0.3 is 5.97 Å². The van der Waals surface area contributed by atoms with Crippen molar-refractivity contribution in [2.75, 3.05) is 6.61 Å². The fourth-order valence-electron chi connectivity index (χ4n) is 1.05. The molecule has 0 fully saturated rings. The molecule has 4 nitrogen and oxygen atoms in total. The average Bonchev–Trinajstić information content (AvgIpc) is 2.25. The van der Waals surface area contributed by atoms with Crippen molar-refractivity contribution in [2.24, 2.45) is 0 Å². The Hall–Kier alpha value is -1.81. The maximum absolute atomic E-state index is 10.4. The van der Waals surface area contributed by atoms with E-state index in [2.05, 4.69) is 0 Å². The highest BCUT2D eigenvalue weighted by Crippen LogP contribution is 2.24. The number of ether oxygens (including phenoxy) is 1. The molecule has 1 N–H and O–H groups in total. The molecule has 0 spiro atoms. The lowest BCUT2D eigenvalue weighted by Crippen LogP contribution is -2.10. The number of rotatable bonds is 5. The van der Waals surface area contributed by atoms with Gasteiger partial charge in [-0.3, -0.25) is 4.79 Å². The first-order chi connectivity index (χ1) is 7.63. The number of halogens is 1. The summed E-state index contributed by atoms with van der Waals surface area (Å²) >= 11 is 5.75. The van der Waals surface area contributed by atoms with Gasteiger partial charge in [-0.2, -0.15) is 0 Å².